The van der Waals surface area contributed by atoms with Crippen molar-refractivity contribution < 1.29 is 9.90 Å². The Morgan fingerprint density at radius 3 is 2.60 bits per heavy atom. The van der Waals surface area contributed by atoms with Crippen molar-refractivity contribution >= 4 is 27.6 Å². The smallest absolute Gasteiger partial charge is 0.349 e. The van der Waals surface area contributed by atoms with Gasteiger partial charge in [0.05, 0.1) is 0 Å². The molecule has 0 aliphatic rings. The maximum Gasteiger partial charge on any atom is 0.349 e. The Labute approximate surface area is 68.1 Å². The highest BCUT2D eigenvalue weighted by atomic mass is 79.9. The minimum Gasteiger partial charge on any atom is -0.477 e. The van der Waals surface area contributed by atoms with Gasteiger partial charge in [0.1, 0.15) is 5.71 Å². The largest absolute Gasteiger partial charge is 0.477 e. The number of hydrogen-bond acceptors (Lipinski definition) is 2. The first-order valence-corrected chi connectivity index (χ1v) is 4.06. The van der Waals surface area contributed by atoms with Crippen molar-refractivity contribution in [3.8, 4) is 0 Å². The van der Waals surface area contributed by atoms with Crippen LogP contribution in [-0.4, -0.2) is 22.1 Å². The molecule has 0 aromatic rings. The van der Waals surface area contributed by atoms with E-state index in [9.17, 15) is 4.79 Å². The molecule has 0 amide bonds. The Bertz CT molecular complexity index is 147. The van der Waals surface area contributed by atoms with Gasteiger partial charge in [-0.2, -0.15) is 0 Å². The normalized spacial score (nSPS) is 12.6. The van der Waals surface area contributed by atoms with Gasteiger partial charge in [-0.15, -0.1) is 0 Å². The molecule has 3 nitrogen and oxygen atoms in total. The first-order chi connectivity index (χ1) is 4.57. The fraction of sp³-hybridized carbons (Fsp3) is 0.667. The fourth-order valence-electron chi connectivity index (χ4n) is 0.490. The third kappa shape index (κ3) is 3.61. The van der Waals surface area contributed by atoms with Crippen LogP contribution in [-0.2, 0) is 4.79 Å². The molecule has 0 aliphatic heterocycles. The Morgan fingerprint density at radius 2 is 2.30 bits per heavy atom. The molecule has 0 spiro atoms. The summed E-state index contributed by atoms with van der Waals surface area (Å²) in [5.41, 5.74) is -0.216. The summed E-state index contributed by atoms with van der Waals surface area (Å²) in [6.45, 7) is 1.90. The lowest BCUT2D eigenvalue weighted by atomic mass is 10.1. The van der Waals surface area contributed by atoms with Gasteiger partial charge in [0.25, 0.3) is 0 Å². The summed E-state index contributed by atoms with van der Waals surface area (Å²) in [7, 11) is 0. The van der Waals surface area contributed by atoms with Gasteiger partial charge < -0.3 is 5.11 Å². The molecule has 0 rings (SSSR count). The van der Waals surface area contributed by atoms with Crippen molar-refractivity contribution in [3.63, 3.8) is 0 Å². The zero-order chi connectivity index (χ0) is 8.15. The minimum absolute atomic E-state index is 0.216. The molecule has 0 aromatic carbocycles. The van der Waals surface area contributed by atoms with Gasteiger partial charge in [0, 0.05) is 5.33 Å². The van der Waals surface area contributed by atoms with E-state index >= 15 is 0 Å². The van der Waals surface area contributed by atoms with E-state index < -0.39 is 5.97 Å². The Morgan fingerprint density at radius 1 is 1.80 bits per heavy atom. The molecule has 0 aromatic heterocycles. The van der Waals surface area contributed by atoms with E-state index in [4.69, 9.17) is 10.5 Å². The van der Waals surface area contributed by atoms with Crippen LogP contribution in [0.15, 0.2) is 0 Å². The summed E-state index contributed by atoms with van der Waals surface area (Å²) >= 11 is 3.20. The molecule has 1 atom stereocenters. The van der Waals surface area contributed by atoms with Crippen LogP contribution in [0.1, 0.15) is 13.3 Å². The van der Waals surface area contributed by atoms with Crippen molar-refractivity contribution in [2.75, 3.05) is 5.33 Å². The molecule has 2 N–H and O–H groups in total. The van der Waals surface area contributed by atoms with Crippen molar-refractivity contribution in [1.82, 2.24) is 0 Å². The SMILES string of the molecule is CC(CBr)CC(=N)C(=O)O. The molecule has 0 saturated carbocycles. The topological polar surface area (TPSA) is 61.2 Å². The van der Waals surface area contributed by atoms with Crippen LogP contribution in [0.3, 0.4) is 0 Å². The van der Waals surface area contributed by atoms with Gasteiger partial charge >= 0.3 is 5.97 Å². The molecule has 1 unspecified atom stereocenters. The summed E-state index contributed by atoms with van der Waals surface area (Å²) in [6, 6.07) is 0. The average Bonchev–Trinajstić information content (AvgIpc) is 1.87. The zero-order valence-electron chi connectivity index (χ0n) is 5.72. The molecular weight excluding hydrogens is 198 g/mol. The van der Waals surface area contributed by atoms with Gasteiger partial charge in [0.15, 0.2) is 0 Å². The lowest BCUT2D eigenvalue weighted by molar-refractivity contribution is -0.129. The fourth-order valence-corrected chi connectivity index (χ4v) is 0.719. The maximum atomic E-state index is 10.1. The Hall–Kier alpha value is -0.380. The number of nitrogens with one attached hydrogen (secondary N) is 1. The predicted octanol–water partition coefficient (Wildman–Crippen LogP) is 1.51. The molecule has 0 aliphatic carbocycles. The van der Waals surface area contributed by atoms with Crippen molar-refractivity contribution in [2.24, 2.45) is 5.92 Å². The summed E-state index contributed by atoms with van der Waals surface area (Å²) in [4.78, 5) is 10.1. The highest BCUT2D eigenvalue weighted by molar-refractivity contribution is 9.09. The summed E-state index contributed by atoms with van der Waals surface area (Å²) in [5, 5.41) is 16.0. The number of rotatable bonds is 4. The summed E-state index contributed by atoms with van der Waals surface area (Å²) in [5.74, 6) is -0.892. The van der Waals surface area contributed by atoms with Crippen LogP contribution in [0.4, 0.5) is 0 Å². The van der Waals surface area contributed by atoms with E-state index in [1.807, 2.05) is 6.92 Å². The highest BCUT2D eigenvalue weighted by Gasteiger charge is 2.10. The van der Waals surface area contributed by atoms with Crippen LogP contribution >= 0.6 is 15.9 Å². The first kappa shape index (κ1) is 9.62. The van der Waals surface area contributed by atoms with Gasteiger partial charge in [-0.25, -0.2) is 4.79 Å². The lowest BCUT2D eigenvalue weighted by Gasteiger charge is -2.03. The second-order valence-electron chi connectivity index (χ2n) is 2.25. The maximum absolute atomic E-state index is 10.1. The monoisotopic (exact) mass is 207 g/mol. The number of alkyl halides is 1. The van der Waals surface area contributed by atoms with Crippen LogP contribution in [0.2, 0.25) is 0 Å². The van der Waals surface area contributed by atoms with Gasteiger partial charge in [-0.3, -0.25) is 5.41 Å². The Balaban J connectivity index is 3.68. The van der Waals surface area contributed by atoms with Crippen molar-refractivity contribution in [1.29, 1.82) is 5.41 Å². The zero-order valence-corrected chi connectivity index (χ0v) is 7.31. The molecular formula is C6H10BrNO2. The number of carboxylic acid groups (broad SMARTS) is 1. The standard InChI is InChI=1S/C6H10BrNO2/c1-4(3-7)2-5(8)6(9)10/h4,8H,2-3H2,1H3,(H,9,10). The van der Waals surface area contributed by atoms with E-state index in [1.54, 1.807) is 0 Å². The van der Waals surface area contributed by atoms with Crippen molar-refractivity contribution in [3.05, 3.63) is 0 Å². The van der Waals surface area contributed by atoms with E-state index in [2.05, 4.69) is 15.9 Å². The second kappa shape index (κ2) is 4.44. The first-order valence-electron chi connectivity index (χ1n) is 2.94. The van der Waals surface area contributed by atoms with Crippen LogP contribution in [0.25, 0.3) is 0 Å². The highest BCUT2D eigenvalue weighted by Crippen LogP contribution is 2.05. The number of carbonyl (C=O) groups is 1. The number of aliphatic carboxylic acids is 1. The summed E-state index contributed by atoms with van der Waals surface area (Å²) < 4.78 is 0. The summed E-state index contributed by atoms with van der Waals surface area (Å²) in [6.07, 6.45) is 0.334. The Kier molecular flexibility index (Phi) is 4.27. The molecule has 0 bridgehead atoms. The van der Waals surface area contributed by atoms with Crippen LogP contribution < -0.4 is 0 Å². The van der Waals surface area contributed by atoms with E-state index in [0.717, 1.165) is 5.33 Å². The van der Waals surface area contributed by atoms with E-state index in [1.165, 1.54) is 0 Å². The molecule has 58 valence electrons. The van der Waals surface area contributed by atoms with Gasteiger partial charge in [-0.05, 0) is 12.3 Å². The van der Waals surface area contributed by atoms with E-state index in [-0.39, 0.29) is 11.6 Å². The molecule has 0 radical (unpaired) electrons. The van der Waals surface area contributed by atoms with Gasteiger partial charge in [-0.1, -0.05) is 22.9 Å². The van der Waals surface area contributed by atoms with Crippen LogP contribution in [0.5, 0.6) is 0 Å². The second-order valence-corrected chi connectivity index (χ2v) is 2.89. The third-order valence-electron chi connectivity index (χ3n) is 1.07. The molecule has 0 fully saturated rings. The number of hydrogen-bond donors (Lipinski definition) is 2. The predicted molar refractivity (Wildman–Crippen MR) is 42.9 cm³/mol. The van der Waals surface area contributed by atoms with E-state index in [0.29, 0.717) is 6.42 Å². The number of carboxylic acids is 1. The van der Waals surface area contributed by atoms with Crippen LogP contribution in [0, 0.1) is 11.3 Å². The quantitative estimate of drug-likeness (QED) is 0.543. The molecule has 10 heavy (non-hydrogen) atoms. The third-order valence-corrected chi connectivity index (χ3v) is 2.18. The average molecular weight is 208 g/mol. The van der Waals surface area contributed by atoms with Gasteiger partial charge in [0.2, 0.25) is 0 Å². The number of halogens is 1. The minimum atomic E-state index is -1.12. The molecule has 0 heterocycles. The lowest BCUT2D eigenvalue weighted by Crippen LogP contribution is -2.15. The molecule has 4 heteroatoms. The van der Waals surface area contributed by atoms with Crippen molar-refractivity contribution in [2.45, 2.75) is 13.3 Å². The molecule has 0 saturated heterocycles.